The maximum atomic E-state index is 11.8. The molecule has 0 aromatic carbocycles. The largest absolute Gasteiger partial charge is 0.353 e. The SMILES string of the molecule is O=C(NC1CCCCCCCCCCC1)C1CC1. The summed E-state index contributed by atoms with van der Waals surface area (Å²) in [6.45, 7) is 0. The Bertz CT molecular complexity index is 235. The van der Waals surface area contributed by atoms with E-state index < -0.39 is 0 Å². The number of nitrogens with one attached hydrogen (secondary N) is 1. The van der Waals surface area contributed by atoms with Gasteiger partial charge in [-0.1, -0.05) is 57.8 Å². The molecule has 0 aromatic rings. The first-order valence-electron chi connectivity index (χ1n) is 8.16. The molecule has 1 N–H and O–H groups in total. The van der Waals surface area contributed by atoms with Crippen molar-refractivity contribution in [2.24, 2.45) is 5.92 Å². The van der Waals surface area contributed by atoms with E-state index in [2.05, 4.69) is 5.32 Å². The first-order chi connectivity index (χ1) is 8.86. The van der Waals surface area contributed by atoms with Crippen LogP contribution in [0.1, 0.15) is 83.5 Å². The van der Waals surface area contributed by atoms with Gasteiger partial charge in [0.25, 0.3) is 0 Å². The van der Waals surface area contributed by atoms with Crippen molar-refractivity contribution >= 4 is 5.91 Å². The summed E-state index contributed by atoms with van der Waals surface area (Å²) in [7, 11) is 0. The molecule has 0 spiro atoms. The first-order valence-corrected chi connectivity index (χ1v) is 8.16. The molecule has 2 saturated carbocycles. The molecule has 2 aliphatic carbocycles. The van der Waals surface area contributed by atoms with Crippen molar-refractivity contribution in [2.75, 3.05) is 0 Å². The molecule has 0 aliphatic heterocycles. The maximum Gasteiger partial charge on any atom is 0.223 e. The van der Waals surface area contributed by atoms with Gasteiger partial charge < -0.3 is 5.32 Å². The molecule has 0 unspecified atom stereocenters. The molecule has 2 fully saturated rings. The lowest BCUT2D eigenvalue weighted by atomic mass is 9.98. The van der Waals surface area contributed by atoms with Crippen LogP contribution >= 0.6 is 0 Å². The Kier molecular flexibility index (Phi) is 6.02. The minimum Gasteiger partial charge on any atom is -0.353 e. The standard InChI is InChI=1S/C16H29NO/c18-16(14-12-13-14)17-15-10-8-6-4-2-1-3-5-7-9-11-15/h14-15H,1-13H2,(H,17,18). The number of rotatable bonds is 2. The average Bonchev–Trinajstić information content (AvgIpc) is 3.16. The van der Waals surface area contributed by atoms with E-state index in [0.29, 0.717) is 17.9 Å². The van der Waals surface area contributed by atoms with Gasteiger partial charge in [-0.2, -0.15) is 0 Å². The molecular formula is C16H29NO. The van der Waals surface area contributed by atoms with Crippen LogP contribution in [0.4, 0.5) is 0 Å². The van der Waals surface area contributed by atoms with Gasteiger partial charge in [-0.15, -0.1) is 0 Å². The molecule has 104 valence electrons. The highest BCUT2D eigenvalue weighted by Crippen LogP contribution is 2.29. The Morgan fingerprint density at radius 2 is 1.11 bits per heavy atom. The third kappa shape index (κ3) is 5.41. The molecule has 2 aliphatic rings. The number of amides is 1. The average molecular weight is 251 g/mol. The number of carbonyl (C=O) groups is 1. The van der Waals surface area contributed by atoms with Gasteiger partial charge in [0.15, 0.2) is 0 Å². The smallest absolute Gasteiger partial charge is 0.223 e. The highest BCUT2D eigenvalue weighted by Gasteiger charge is 2.30. The number of carbonyl (C=O) groups excluding carboxylic acids is 1. The van der Waals surface area contributed by atoms with Crippen LogP contribution in [0.5, 0.6) is 0 Å². The fourth-order valence-electron chi connectivity index (χ4n) is 2.97. The van der Waals surface area contributed by atoms with Gasteiger partial charge in [0.2, 0.25) is 5.91 Å². The predicted molar refractivity (Wildman–Crippen MR) is 75.4 cm³/mol. The van der Waals surface area contributed by atoms with Gasteiger partial charge in [-0.05, 0) is 25.7 Å². The van der Waals surface area contributed by atoms with E-state index in [-0.39, 0.29) is 0 Å². The lowest BCUT2D eigenvalue weighted by molar-refractivity contribution is -0.123. The monoisotopic (exact) mass is 251 g/mol. The summed E-state index contributed by atoms with van der Waals surface area (Å²) in [6, 6.07) is 0.470. The second kappa shape index (κ2) is 7.81. The van der Waals surface area contributed by atoms with E-state index in [1.54, 1.807) is 0 Å². The number of hydrogen-bond donors (Lipinski definition) is 1. The molecule has 1 amide bonds. The van der Waals surface area contributed by atoms with Crippen molar-refractivity contribution in [3.8, 4) is 0 Å². The molecule has 0 aromatic heterocycles. The Hall–Kier alpha value is -0.530. The third-order valence-electron chi connectivity index (χ3n) is 4.40. The normalized spacial score (nSPS) is 24.9. The van der Waals surface area contributed by atoms with E-state index in [9.17, 15) is 4.79 Å². The predicted octanol–water partition coefficient (Wildman–Crippen LogP) is 4.19. The van der Waals surface area contributed by atoms with E-state index in [4.69, 9.17) is 0 Å². The molecule has 0 saturated heterocycles. The van der Waals surface area contributed by atoms with Crippen LogP contribution in [0.2, 0.25) is 0 Å². The van der Waals surface area contributed by atoms with Crippen molar-refractivity contribution in [2.45, 2.75) is 89.5 Å². The first kappa shape index (κ1) is 13.9. The van der Waals surface area contributed by atoms with Crippen molar-refractivity contribution in [1.29, 1.82) is 0 Å². The highest BCUT2D eigenvalue weighted by molar-refractivity contribution is 5.81. The molecular weight excluding hydrogens is 222 g/mol. The van der Waals surface area contributed by atoms with Gasteiger partial charge in [0.05, 0.1) is 0 Å². The van der Waals surface area contributed by atoms with Crippen molar-refractivity contribution in [3.05, 3.63) is 0 Å². The lowest BCUT2D eigenvalue weighted by Crippen LogP contribution is -2.35. The quantitative estimate of drug-likeness (QED) is 0.783. The van der Waals surface area contributed by atoms with Crippen LogP contribution in [0.15, 0.2) is 0 Å². The van der Waals surface area contributed by atoms with Crippen LogP contribution in [0.3, 0.4) is 0 Å². The molecule has 0 heterocycles. The van der Waals surface area contributed by atoms with Crippen LogP contribution < -0.4 is 5.32 Å². The summed E-state index contributed by atoms with van der Waals surface area (Å²) in [6.07, 6.45) is 17.0. The second-order valence-electron chi connectivity index (χ2n) is 6.24. The third-order valence-corrected chi connectivity index (χ3v) is 4.40. The van der Waals surface area contributed by atoms with Gasteiger partial charge >= 0.3 is 0 Å². The van der Waals surface area contributed by atoms with E-state index in [1.165, 1.54) is 70.6 Å². The molecule has 0 bridgehead atoms. The zero-order valence-electron chi connectivity index (χ0n) is 11.8. The van der Waals surface area contributed by atoms with Crippen molar-refractivity contribution < 1.29 is 4.79 Å². The van der Waals surface area contributed by atoms with Crippen molar-refractivity contribution in [3.63, 3.8) is 0 Å². The highest BCUT2D eigenvalue weighted by atomic mass is 16.2. The zero-order chi connectivity index (χ0) is 12.6. The Balaban J connectivity index is 1.71. The Morgan fingerprint density at radius 1 is 0.667 bits per heavy atom. The fourth-order valence-corrected chi connectivity index (χ4v) is 2.97. The summed E-state index contributed by atoms with van der Waals surface area (Å²) in [5.74, 6) is 0.707. The second-order valence-corrected chi connectivity index (χ2v) is 6.24. The minimum absolute atomic E-state index is 0.340. The van der Waals surface area contributed by atoms with E-state index in [1.807, 2.05) is 0 Å². The van der Waals surface area contributed by atoms with Gasteiger partial charge in [-0.25, -0.2) is 0 Å². The van der Waals surface area contributed by atoms with Gasteiger partial charge in [0, 0.05) is 12.0 Å². The summed E-state index contributed by atoms with van der Waals surface area (Å²) in [5, 5.41) is 3.29. The minimum atomic E-state index is 0.340. The molecule has 2 heteroatoms. The summed E-state index contributed by atoms with van der Waals surface area (Å²) in [4.78, 5) is 11.8. The Labute approximate surface area is 112 Å². The molecule has 2 rings (SSSR count). The van der Waals surface area contributed by atoms with Gasteiger partial charge in [0.1, 0.15) is 0 Å². The van der Waals surface area contributed by atoms with Crippen molar-refractivity contribution in [1.82, 2.24) is 5.32 Å². The fraction of sp³-hybridized carbons (Fsp3) is 0.938. The van der Waals surface area contributed by atoms with E-state index in [0.717, 1.165) is 12.8 Å². The van der Waals surface area contributed by atoms with E-state index >= 15 is 0 Å². The van der Waals surface area contributed by atoms with Crippen LogP contribution in [-0.2, 0) is 4.79 Å². The zero-order valence-corrected chi connectivity index (χ0v) is 11.8. The molecule has 2 nitrogen and oxygen atoms in total. The number of hydrogen-bond acceptors (Lipinski definition) is 1. The molecule has 0 radical (unpaired) electrons. The lowest BCUT2D eigenvalue weighted by Gasteiger charge is -2.19. The summed E-state index contributed by atoms with van der Waals surface area (Å²) in [5.41, 5.74) is 0. The Morgan fingerprint density at radius 3 is 1.56 bits per heavy atom. The van der Waals surface area contributed by atoms with Crippen LogP contribution in [0, 0.1) is 5.92 Å². The van der Waals surface area contributed by atoms with Crippen LogP contribution in [-0.4, -0.2) is 11.9 Å². The topological polar surface area (TPSA) is 29.1 Å². The van der Waals surface area contributed by atoms with Crippen LogP contribution in [0.25, 0.3) is 0 Å². The van der Waals surface area contributed by atoms with Gasteiger partial charge in [-0.3, -0.25) is 4.79 Å². The summed E-state index contributed by atoms with van der Waals surface area (Å²) < 4.78 is 0. The molecule has 18 heavy (non-hydrogen) atoms. The summed E-state index contributed by atoms with van der Waals surface area (Å²) >= 11 is 0. The molecule has 0 atom stereocenters. The maximum absolute atomic E-state index is 11.8.